The van der Waals surface area contributed by atoms with E-state index in [9.17, 15) is 5.11 Å². The van der Waals surface area contributed by atoms with E-state index in [4.69, 9.17) is 16.7 Å². The molecule has 0 bridgehead atoms. The average molecular weight is 217 g/mol. The highest BCUT2D eigenvalue weighted by atomic mass is 35.5. The molecule has 3 N–H and O–H groups in total. The van der Waals surface area contributed by atoms with Crippen molar-refractivity contribution in [2.45, 2.75) is 12.6 Å². The number of nitrogens with zero attached hydrogens (tertiary/aromatic N) is 1. The Hall–Kier alpha value is -0.680. The third-order valence-corrected chi connectivity index (χ3v) is 2.01. The minimum absolute atomic E-state index is 0.0449. The highest BCUT2D eigenvalue weighted by molar-refractivity contribution is 6.29. The molecule has 0 fully saturated rings. The normalized spacial score (nSPS) is 15.1. The van der Waals surface area contributed by atoms with Crippen molar-refractivity contribution in [2.75, 3.05) is 13.2 Å². The van der Waals surface area contributed by atoms with Gasteiger partial charge in [-0.1, -0.05) is 17.7 Å². The number of rotatable bonds is 4. The Kier molecular flexibility index (Phi) is 3.83. The summed E-state index contributed by atoms with van der Waals surface area (Å²) in [6, 6.07) is 5.00. The van der Waals surface area contributed by atoms with Crippen molar-refractivity contribution in [3.8, 4) is 0 Å². The molecule has 14 heavy (non-hydrogen) atoms. The molecule has 1 rings (SSSR count). The van der Waals surface area contributed by atoms with Gasteiger partial charge in [-0.05, 0) is 19.1 Å². The molecule has 0 spiro atoms. The van der Waals surface area contributed by atoms with Gasteiger partial charge in [0, 0.05) is 6.54 Å². The van der Waals surface area contributed by atoms with Gasteiger partial charge in [0.2, 0.25) is 0 Å². The Morgan fingerprint density at radius 2 is 2.29 bits per heavy atom. The van der Waals surface area contributed by atoms with Gasteiger partial charge in [0.15, 0.2) is 5.72 Å². The quantitative estimate of drug-likeness (QED) is 0.506. The Bertz CT molecular complexity index is 305. The summed E-state index contributed by atoms with van der Waals surface area (Å²) in [4.78, 5) is 3.97. The van der Waals surface area contributed by atoms with Crippen molar-refractivity contribution in [2.24, 2.45) is 0 Å². The van der Waals surface area contributed by atoms with Crippen LogP contribution in [0, 0.1) is 0 Å². The van der Waals surface area contributed by atoms with Crippen LogP contribution in [0.25, 0.3) is 0 Å². The summed E-state index contributed by atoms with van der Waals surface area (Å²) >= 11 is 5.69. The molecule has 5 heteroatoms. The van der Waals surface area contributed by atoms with E-state index in [2.05, 4.69) is 10.3 Å². The molecule has 1 atom stereocenters. The Morgan fingerprint density at radius 3 is 2.86 bits per heavy atom. The van der Waals surface area contributed by atoms with Gasteiger partial charge in [-0.25, -0.2) is 4.98 Å². The largest absolute Gasteiger partial charge is 0.395 e. The van der Waals surface area contributed by atoms with Crippen LogP contribution in [0.1, 0.15) is 12.6 Å². The van der Waals surface area contributed by atoms with Gasteiger partial charge < -0.3 is 10.2 Å². The van der Waals surface area contributed by atoms with Gasteiger partial charge in [0.25, 0.3) is 0 Å². The summed E-state index contributed by atoms with van der Waals surface area (Å²) in [6.45, 7) is 1.80. The summed E-state index contributed by atoms with van der Waals surface area (Å²) in [5.41, 5.74) is -0.841. The Morgan fingerprint density at radius 1 is 1.57 bits per heavy atom. The molecule has 4 nitrogen and oxygen atoms in total. The molecule has 0 aliphatic rings. The van der Waals surface area contributed by atoms with E-state index in [1.54, 1.807) is 25.1 Å². The van der Waals surface area contributed by atoms with E-state index in [-0.39, 0.29) is 6.61 Å². The number of pyridine rings is 1. The first-order valence-electron chi connectivity index (χ1n) is 4.27. The van der Waals surface area contributed by atoms with Crippen LogP contribution in [0.15, 0.2) is 18.2 Å². The molecular formula is C9H13ClN2O2. The van der Waals surface area contributed by atoms with Crippen LogP contribution in [0.4, 0.5) is 0 Å². The third kappa shape index (κ3) is 2.92. The van der Waals surface area contributed by atoms with Crippen LogP contribution < -0.4 is 5.32 Å². The minimum atomic E-state index is -1.27. The molecule has 0 aliphatic heterocycles. The second-order valence-corrected chi connectivity index (χ2v) is 3.46. The molecule has 1 heterocycles. The number of aliphatic hydroxyl groups excluding tert-OH is 1. The molecule has 0 amide bonds. The second kappa shape index (κ2) is 4.70. The summed E-state index contributed by atoms with van der Waals surface area (Å²) < 4.78 is 0. The SMILES string of the molecule is CC(O)(NCCO)c1cccc(Cl)n1. The fourth-order valence-corrected chi connectivity index (χ4v) is 1.23. The summed E-state index contributed by atoms with van der Waals surface area (Å²) in [6.07, 6.45) is 0. The molecule has 78 valence electrons. The molecule has 0 saturated carbocycles. The van der Waals surface area contributed by atoms with Crippen molar-refractivity contribution in [1.29, 1.82) is 0 Å². The standard InChI is InChI=1S/C9H13ClN2O2/c1-9(14,11-5-6-13)7-3-2-4-8(10)12-7/h2-4,11,13-14H,5-6H2,1H3. The lowest BCUT2D eigenvalue weighted by atomic mass is 10.1. The molecule has 0 radical (unpaired) electrons. The number of halogens is 1. The minimum Gasteiger partial charge on any atom is -0.395 e. The maximum Gasteiger partial charge on any atom is 0.156 e. The molecule has 0 saturated heterocycles. The van der Waals surface area contributed by atoms with E-state index in [0.29, 0.717) is 17.4 Å². The zero-order valence-corrected chi connectivity index (χ0v) is 8.62. The zero-order valence-electron chi connectivity index (χ0n) is 7.87. The lowest BCUT2D eigenvalue weighted by Gasteiger charge is -2.23. The van der Waals surface area contributed by atoms with Crippen molar-refractivity contribution in [1.82, 2.24) is 10.3 Å². The lowest BCUT2D eigenvalue weighted by molar-refractivity contribution is 0.0118. The topological polar surface area (TPSA) is 65.4 Å². The van der Waals surface area contributed by atoms with Crippen LogP contribution in [0.3, 0.4) is 0 Å². The van der Waals surface area contributed by atoms with Crippen LogP contribution in [-0.4, -0.2) is 28.3 Å². The molecule has 1 aromatic rings. The van der Waals surface area contributed by atoms with Gasteiger partial charge in [0.05, 0.1) is 12.3 Å². The van der Waals surface area contributed by atoms with Crippen molar-refractivity contribution in [3.05, 3.63) is 29.0 Å². The van der Waals surface area contributed by atoms with E-state index in [1.807, 2.05) is 0 Å². The van der Waals surface area contributed by atoms with E-state index >= 15 is 0 Å². The number of nitrogens with one attached hydrogen (secondary N) is 1. The van der Waals surface area contributed by atoms with Crippen LogP contribution in [0.2, 0.25) is 5.15 Å². The predicted octanol–water partition coefficient (Wildman–Crippen LogP) is 0.482. The summed E-state index contributed by atoms with van der Waals surface area (Å²) in [7, 11) is 0. The van der Waals surface area contributed by atoms with Crippen LogP contribution in [0.5, 0.6) is 0 Å². The van der Waals surface area contributed by atoms with Gasteiger partial charge >= 0.3 is 0 Å². The zero-order chi connectivity index (χ0) is 10.6. The van der Waals surface area contributed by atoms with E-state index in [0.717, 1.165) is 0 Å². The fourth-order valence-electron chi connectivity index (χ4n) is 1.07. The van der Waals surface area contributed by atoms with Gasteiger partial charge in [-0.3, -0.25) is 5.32 Å². The van der Waals surface area contributed by atoms with Gasteiger partial charge in [0.1, 0.15) is 5.15 Å². The Labute approximate surface area is 87.6 Å². The second-order valence-electron chi connectivity index (χ2n) is 3.07. The maximum atomic E-state index is 9.90. The van der Waals surface area contributed by atoms with Crippen LogP contribution in [-0.2, 0) is 5.72 Å². The number of hydrogen-bond donors (Lipinski definition) is 3. The van der Waals surface area contributed by atoms with E-state index < -0.39 is 5.72 Å². The number of hydrogen-bond acceptors (Lipinski definition) is 4. The molecule has 1 aromatic heterocycles. The number of aliphatic hydroxyl groups is 2. The highest BCUT2D eigenvalue weighted by Crippen LogP contribution is 2.16. The van der Waals surface area contributed by atoms with Crippen molar-refractivity contribution in [3.63, 3.8) is 0 Å². The first-order valence-corrected chi connectivity index (χ1v) is 4.65. The molecule has 0 aliphatic carbocycles. The first kappa shape index (κ1) is 11.4. The summed E-state index contributed by atoms with van der Waals surface area (Å²) in [5.74, 6) is 0. The smallest absolute Gasteiger partial charge is 0.156 e. The van der Waals surface area contributed by atoms with Crippen LogP contribution >= 0.6 is 11.6 Å². The fraction of sp³-hybridized carbons (Fsp3) is 0.444. The average Bonchev–Trinajstić information content (AvgIpc) is 2.15. The maximum absolute atomic E-state index is 9.90. The molecule has 1 unspecified atom stereocenters. The molecular weight excluding hydrogens is 204 g/mol. The summed E-state index contributed by atoms with van der Waals surface area (Å²) in [5, 5.41) is 21.6. The lowest BCUT2D eigenvalue weighted by Crippen LogP contribution is -2.41. The van der Waals surface area contributed by atoms with E-state index in [1.165, 1.54) is 0 Å². The van der Waals surface area contributed by atoms with Gasteiger partial charge in [-0.15, -0.1) is 0 Å². The predicted molar refractivity (Wildman–Crippen MR) is 53.9 cm³/mol. The monoisotopic (exact) mass is 216 g/mol. The molecule has 0 aromatic carbocycles. The van der Waals surface area contributed by atoms with Crippen molar-refractivity contribution < 1.29 is 10.2 Å². The van der Waals surface area contributed by atoms with Gasteiger partial charge in [-0.2, -0.15) is 0 Å². The first-order chi connectivity index (χ1) is 6.56. The van der Waals surface area contributed by atoms with Crippen molar-refractivity contribution >= 4 is 11.6 Å². The Balaban J connectivity index is 2.80. The third-order valence-electron chi connectivity index (χ3n) is 1.79. The number of aromatic nitrogens is 1. The highest BCUT2D eigenvalue weighted by Gasteiger charge is 2.23.